The van der Waals surface area contributed by atoms with Gasteiger partial charge in [0, 0.05) is 19.1 Å². The highest BCUT2D eigenvalue weighted by Crippen LogP contribution is 2.36. The van der Waals surface area contributed by atoms with Crippen molar-refractivity contribution in [2.24, 2.45) is 0 Å². The van der Waals surface area contributed by atoms with Gasteiger partial charge < -0.3 is 4.74 Å². The molecule has 2 heteroatoms. The third-order valence-corrected chi connectivity index (χ3v) is 3.99. The van der Waals surface area contributed by atoms with Crippen LogP contribution in [0.15, 0.2) is 30.3 Å². The van der Waals surface area contributed by atoms with E-state index < -0.39 is 0 Å². The summed E-state index contributed by atoms with van der Waals surface area (Å²) in [5.41, 5.74) is 1.47. The monoisotopic (exact) mass is 231 g/mol. The van der Waals surface area contributed by atoms with E-state index >= 15 is 0 Å². The minimum Gasteiger partial charge on any atom is -0.368 e. The molecule has 1 aromatic rings. The van der Waals surface area contributed by atoms with Crippen molar-refractivity contribution in [3.05, 3.63) is 35.9 Å². The lowest BCUT2D eigenvalue weighted by atomic mass is 9.98. The molecule has 2 aliphatic rings. The van der Waals surface area contributed by atoms with Crippen LogP contribution in [-0.4, -0.2) is 30.2 Å². The van der Waals surface area contributed by atoms with Crippen molar-refractivity contribution < 1.29 is 4.74 Å². The smallest absolute Gasteiger partial charge is 0.0969 e. The molecule has 92 valence electrons. The molecule has 3 unspecified atom stereocenters. The molecule has 0 amide bonds. The summed E-state index contributed by atoms with van der Waals surface area (Å²) in [7, 11) is 0. The highest BCUT2D eigenvalue weighted by molar-refractivity contribution is 5.19. The van der Waals surface area contributed by atoms with Crippen LogP contribution in [0.4, 0.5) is 0 Å². The van der Waals surface area contributed by atoms with Gasteiger partial charge in [0.1, 0.15) is 0 Å². The summed E-state index contributed by atoms with van der Waals surface area (Å²) in [4.78, 5) is 2.62. The average Bonchev–Trinajstić information content (AvgIpc) is 3.15. The van der Waals surface area contributed by atoms with Crippen LogP contribution in [0.3, 0.4) is 0 Å². The molecule has 2 fully saturated rings. The van der Waals surface area contributed by atoms with Crippen LogP contribution in [0.2, 0.25) is 0 Å². The largest absolute Gasteiger partial charge is 0.368 e. The van der Waals surface area contributed by atoms with Crippen LogP contribution in [0.5, 0.6) is 0 Å². The lowest BCUT2D eigenvalue weighted by Gasteiger charge is -2.33. The Morgan fingerprint density at radius 3 is 2.82 bits per heavy atom. The van der Waals surface area contributed by atoms with Gasteiger partial charge in [-0.1, -0.05) is 43.7 Å². The van der Waals surface area contributed by atoms with E-state index in [0.717, 1.165) is 6.54 Å². The molecule has 0 bridgehead atoms. The number of fused-ring (bicyclic) bond motifs is 1. The first-order chi connectivity index (χ1) is 8.38. The number of likely N-dealkylation sites (tertiary alicyclic amines) is 1. The molecule has 2 heterocycles. The number of ether oxygens (including phenoxy) is 1. The fourth-order valence-corrected chi connectivity index (χ4v) is 3.00. The number of nitrogens with zero attached hydrogens (tertiary/aromatic N) is 1. The van der Waals surface area contributed by atoms with Crippen molar-refractivity contribution in [3.8, 4) is 0 Å². The predicted octanol–water partition coefficient (Wildman–Crippen LogP) is 3.00. The van der Waals surface area contributed by atoms with Crippen molar-refractivity contribution in [2.75, 3.05) is 13.1 Å². The Bertz CT molecular complexity index is 364. The molecule has 0 radical (unpaired) electrons. The molecule has 2 aliphatic heterocycles. The zero-order valence-electron chi connectivity index (χ0n) is 10.5. The Hall–Kier alpha value is -0.860. The third kappa shape index (κ3) is 2.38. The molecular weight excluding hydrogens is 210 g/mol. The summed E-state index contributed by atoms with van der Waals surface area (Å²) in [6.45, 7) is 4.60. The molecule has 3 atom stereocenters. The second-order valence-electron chi connectivity index (χ2n) is 5.21. The van der Waals surface area contributed by atoms with E-state index in [-0.39, 0.29) is 0 Å². The number of epoxide rings is 1. The number of piperidine rings is 1. The molecular formula is C15H21NO. The van der Waals surface area contributed by atoms with E-state index in [1.165, 1.54) is 31.4 Å². The molecule has 0 spiro atoms. The van der Waals surface area contributed by atoms with Gasteiger partial charge in [0.05, 0.1) is 12.2 Å². The zero-order chi connectivity index (χ0) is 11.7. The Kier molecular flexibility index (Phi) is 3.17. The maximum atomic E-state index is 5.63. The molecule has 2 nitrogen and oxygen atoms in total. The maximum absolute atomic E-state index is 5.63. The fourth-order valence-electron chi connectivity index (χ4n) is 3.00. The van der Waals surface area contributed by atoms with Gasteiger partial charge in [-0.05, 0) is 18.4 Å². The molecule has 17 heavy (non-hydrogen) atoms. The van der Waals surface area contributed by atoms with E-state index in [1.54, 1.807) is 0 Å². The molecule has 0 saturated carbocycles. The average molecular weight is 231 g/mol. The maximum Gasteiger partial charge on any atom is 0.0969 e. The Morgan fingerprint density at radius 2 is 2.12 bits per heavy atom. The van der Waals surface area contributed by atoms with Gasteiger partial charge in [-0.3, -0.25) is 4.90 Å². The van der Waals surface area contributed by atoms with Crippen LogP contribution in [0.25, 0.3) is 0 Å². The molecule has 1 aromatic carbocycles. The summed E-state index contributed by atoms with van der Waals surface area (Å²) in [6, 6.07) is 11.5. The predicted molar refractivity (Wildman–Crippen MR) is 68.9 cm³/mol. The topological polar surface area (TPSA) is 15.8 Å². The highest BCUT2D eigenvalue weighted by Gasteiger charge is 2.44. The number of benzene rings is 1. The van der Waals surface area contributed by atoms with Crippen LogP contribution < -0.4 is 0 Å². The molecule has 0 N–H and O–H groups in total. The lowest BCUT2D eigenvalue weighted by Crippen LogP contribution is -2.37. The fraction of sp³-hybridized carbons (Fsp3) is 0.600. The van der Waals surface area contributed by atoms with Gasteiger partial charge in [-0.25, -0.2) is 0 Å². The van der Waals surface area contributed by atoms with E-state index in [1.807, 2.05) is 0 Å². The van der Waals surface area contributed by atoms with Crippen molar-refractivity contribution in [1.29, 1.82) is 0 Å². The van der Waals surface area contributed by atoms with Crippen LogP contribution in [0, 0.1) is 0 Å². The summed E-state index contributed by atoms with van der Waals surface area (Å²) in [6.07, 6.45) is 4.83. The third-order valence-electron chi connectivity index (χ3n) is 3.99. The van der Waals surface area contributed by atoms with Crippen LogP contribution >= 0.6 is 0 Å². The summed E-state index contributed by atoms with van der Waals surface area (Å²) in [5, 5.41) is 0. The van der Waals surface area contributed by atoms with Gasteiger partial charge in [0.2, 0.25) is 0 Å². The first-order valence-corrected chi connectivity index (χ1v) is 6.83. The molecule has 0 aliphatic carbocycles. The second-order valence-corrected chi connectivity index (χ2v) is 5.21. The molecule has 2 saturated heterocycles. The van der Waals surface area contributed by atoms with Crippen molar-refractivity contribution >= 4 is 0 Å². The summed E-state index contributed by atoms with van der Waals surface area (Å²) >= 11 is 0. The zero-order valence-corrected chi connectivity index (χ0v) is 10.5. The van der Waals surface area contributed by atoms with Gasteiger partial charge >= 0.3 is 0 Å². The highest BCUT2D eigenvalue weighted by atomic mass is 16.6. The Balaban J connectivity index is 1.74. The van der Waals surface area contributed by atoms with E-state index in [2.05, 4.69) is 42.2 Å². The minimum absolute atomic E-state index is 0.534. The minimum atomic E-state index is 0.534. The Morgan fingerprint density at radius 1 is 1.29 bits per heavy atom. The first-order valence-electron chi connectivity index (χ1n) is 6.83. The van der Waals surface area contributed by atoms with Gasteiger partial charge in [-0.2, -0.15) is 0 Å². The van der Waals surface area contributed by atoms with E-state index in [0.29, 0.717) is 18.2 Å². The second kappa shape index (κ2) is 4.79. The number of hydrogen-bond donors (Lipinski definition) is 0. The summed E-state index contributed by atoms with van der Waals surface area (Å²) < 4.78 is 5.63. The molecule has 0 aromatic heterocycles. The Labute approximate surface area is 104 Å². The van der Waals surface area contributed by atoms with Crippen molar-refractivity contribution in [3.63, 3.8) is 0 Å². The summed E-state index contributed by atoms with van der Waals surface area (Å²) in [5.74, 6) is 0. The van der Waals surface area contributed by atoms with E-state index in [4.69, 9.17) is 4.74 Å². The van der Waals surface area contributed by atoms with Crippen molar-refractivity contribution in [2.45, 2.75) is 44.4 Å². The van der Waals surface area contributed by atoms with Gasteiger partial charge in [0.25, 0.3) is 0 Å². The van der Waals surface area contributed by atoms with Crippen LogP contribution in [0.1, 0.15) is 37.8 Å². The van der Waals surface area contributed by atoms with Crippen LogP contribution in [-0.2, 0) is 4.74 Å². The number of rotatable bonds is 4. The number of hydrogen-bond acceptors (Lipinski definition) is 2. The van der Waals surface area contributed by atoms with E-state index in [9.17, 15) is 0 Å². The SMILES string of the molecule is CCCC(c1ccccc1)N1CCC2OC2C1. The van der Waals surface area contributed by atoms with Gasteiger partial charge in [0.15, 0.2) is 0 Å². The first kappa shape index (κ1) is 11.2. The van der Waals surface area contributed by atoms with Crippen molar-refractivity contribution in [1.82, 2.24) is 4.90 Å². The quantitative estimate of drug-likeness (QED) is 0.740. The van der Waals surface area contributed by atoms with Gasteiger partial charge in [-0.15, -0.1) is 0 Å². The molecule has 3 rings (SSSR count). The lowest BCUT2D eigenvalue weighted by molar-refractivity contribution is 0.167. The standard InChI is InChI=1S/C15H21NO/c1-2-6-13(12-7-4-3-5-8-12)16-10-9-14-15(11-16)17-14/h3-5,7-8,13-15H,2,6,9-11H2,1H3. The normalized spacial score (nSPS) is 29.7.